The van der Waals surface area contributed by atoms with Crippen LogP contribution in [0, 0.1) is 0 Å². The van der Waals surface area contributed by atoms with Crippen LogP contribution in [0.3, 0.4) is 0 Å². The van der Waals surface area contributed by atoms with Crippen LogP contribution in [0.15, 0.2) is 58.0 Å². The molecule has 3 aromatic rings. The number of para-hydroxylation sites is 1. The van der Waals surface area contributed by atoms with E-state index in [1.165, 1.54) is 11.8 Å². The van der Waals surface area contributed by atoms with Crippen LogP contribution < -0.4 is 10.2 Å². The molecule has 2 heterocycles. The van der Waals surface area contributed by atoms with Crippen LogP contribution >= 0.6 is 23.1 Å². The number of likely N-dealkylation sites (tertiary alicyclic amines) is 1. The van der Waals surface area contributed by atoms with E-state index in [1.54, 1.807) is 23.5 Å². The molecule has 166 valence electrons. The predicted molar refractivity (Wildman–Crippen MR) is 128 cm³/mol. The number of fused-ring (bicyclic) bond motifs is 1. The van der Waals surface area contributed by atoms with Crippen LogP contribution in [0.4, 0.5) is 0 Å². The summed E-state index contributed by atoms with van der Waals surface area (Å²) in [6, 6.07) is 15.2. The smallest absolute Gasteiger partial charge is 0.260 e. The Bertz CT molecular complexity index is 1090. The third-order valence-corrected chi connectivity index (χ3v) is 7.22. The Morgan fingerprint density at radius 3 is 2.66 bits per heavy atom. The summed E-state index contributed by atoms with van der Waals surface area (Å²) in [7, 11) is 0. The van der Waals surface area contributed by atoms with E-state index >= 15 is 0 Å². The topological polar surface area (TPSA) is 83.9 Å². The maximum absolute atomic E-state index is 12.2. The number of nitrogens with one attached hydrogen (secondary N) is 1. The minimum atomic E-state index is -0.186. The summed E-state index contributed by atoms with van der Waals surface area (Å²) in [5, 5.41) is 4.19. The lowest BCUT2D eigenvalue weighted by molar-refractivity contribution is -0.132. The van der Waals surface area contributed by atoms with E-state index in [1.807, 2.05) is 48.2 Å². The fourth-order valence-corrected chi connectivity index (χ4v) is 5.14. The predicted octanol–water partition coefficient (Wildman–Crippen LogP) is 3.93. The number of nitrogens with zero attached hydrogens (tertiary/aromatic N) is 3. The molecule has 7 nitrogen and oxygen atoms in total. The number of rotatable bonds is 8. The lowest BCUT2D eigenvalue weighted by Gasteiger charge is -2.15. The first kappa shape index (κ1) is 22.3. The number of ether oxygens (including phenoxy) is 1. The molecule has 0 aliphatic carbocycles. The standard InChI is InChI=1S/C23H24N4O3S2/c1-16(17-8-10-18(11-9-17)30-14-22(29)27-12-4-5-13-27)25-26-21(28)15-31-23-24-19-6-2-3-7-20(19)32-23/h2-3,6-11H,4-5,12-15H2,1H3,(H,26,28)/b25-16+. The molecular weight excluding hydrogens is 444 g/mol. The number of amides is 2. The van der Waals surface area contributed by atoms with Gasteiger partial charge in [0.15, 0.2) is 10.9 Å². The zero-order valence-corrected chi connectivity index (χ0v) is 19.4. The molecule has 0 saturated carbocycles. The number of hydrazone groups is 1. The van der Waals surface area contributed by atoms with Gasteiger partial charge in [-0.2, -0.15) is 5.10 Å². The second kappa shape index (κ2) is 10.6. The lowest BCUT2D eigenvalue weighted by Crippen LogP contribution is -2.32. The van der Waals surface area contributed by atoms with Crippen LogP contribution in [-0.4, -0.2) is 52.9 Å². The Hall–Kier alpha value is -2.91. The number of aromatic nitrogens is 1. The van der Waals surface area contributed by atoms with Crippen LogP contribution in [-0.2, 0) is 9.59 Å². The number of carbonyl (C=O) groups excluding carboxylic acids is 2. The van der Waals surface area contributed by atoms with Crippen molar-refractivity contribution in [1.82, 2.24) is 15.3 Å². The summed E-state index contributed by atoms with van der Waals surface area (Å²) in [5.74, 6) is 0.712. The number of thioether (sulfide) groups is 1. The summed E-state index contributed by atoms with van der Waals surface area (Å²) in [4.78, 5) is 30.6. The Balaban J connectivity index is 1.23. The quantitative estimate of drug-likeness (QED) is 0.308. The van der Waals surface area contributed by atoms with Crippen molar-refractivity contribution < 1.29 is 14.3 Å². The van der Waals surface area contributed by atoms with Gasteiger partial charge in [0.25, 0.3) is 11.8 Å². The van der Waals surface area contributed by atoms with Crippen molar-refractivity contribution in [3.63, 3.8) is 0 Å². The molecule has 32 heavy (non-hydrogen) atoms. The summed E-state index contributed by atoms with van der Waals surface area (Å²) in [6.07, 6.45) is 2.13. The number of thiazole rings is 1. The van der Waals surface area contributed by atoms with Crippen molar-refractivity contribution in [1.29, 1.82) is 0 Å². The average Bonchev–Trinajstić information content (AvgIpc) is 3.50. The first-order valence-corrected chi connectivity index (χ1v) is 12.2. The number of benzene rings is 2. The van der Waals surface area contributed by atoms with Crippen molar-refractivity contribution in [2.45, 2.75) is 24.1 Å². The Morgan fingerprint density at radius 1 is 1.16 bits per heavy atom. The zero-order chi connectivity index (χ0) is 22.3. The first-order chi connectivity index (χ1) is 15.6. The third-order valence-electron chi connectivity index (χ3n) is 5.04. The van der Waals surface area contributed by atoms with Crippen molar-refractivity contribution in [3.05, 3.63) is 54.1 Å². The molecule has 1 aliphatic heterocycles. The highest BCUT2D eigenvalue weighted by Crippen LogP contribution is 2.29. The molecule has 0 atom stereocenters. The summed E-state index contributed by atoms with van der Waals surface area (Å²) < 4.78 is 7.57. The third kappa shape index (κ3) is 5.86. The molecule has 2 amide bonds. The molecule has 2 aromatic carbocycles. The monoisotopic (exact) mass is 468 g/mol. The minimum absolute atomic E-state index is 0.0238. The van der Waals surface area contributed by atoms with E-state index in [0.29, 0.717) is 11.5 Å². The Kier molecular flexibility index (Phi) is 7.39. The van der Waals surface area contributed by atoms with Crippen molar-refractivity contribution in [3.8, 4) is 5.75 Å². The van der Waals surface area contributed by atoms with E-state index in [9.17, 15) is 9.59 Å². The van der Waals surface area contributed by atoms with Gasteiger partial charge in [0.2, 0.25) is 0 Å². The fraction of sp³-hybridized carbons (Fsp3) is 0.304. The fourth-order valence-electron chi connectivity index (χ4n) is 3.28. The molecular formula is C23H24N4O3S2. The van der Waals surface area contributed by atoms with Crippen LogP contribution in [0.2, 0.25) is 0 Å². The molecule has 1 saturated heterocycles. The largest absolute Gasteiger partial charge is 0.484 e. The molecule has 1 aliphatic rings. The van der Waals surface area contributed by atoms with Crippen LogP contribution in [0.5, 0.6) is 5.75 Å². The molecule has 1 aromatic heterocycles. The summed E-state index contributed by atoms with van der Waals surface area (Å²) in [6.45, 7) is 3.52. The summed E-state index contributed by atoms with van der Waals surface area (Å²) in [5.41, 5.74) is 5.09. The van der Waals surface area contributed by atoms with E-state index in [0.717, 1.165) is 46.1 Å². The van der Waals surface area contributed by atoms with Crippen LogP contribution in [0.1, 0.15) is 25.3 Å². The van der Waals surface area contributed by atoms with Gasteiger partial charge in [-0.05, 0) is 61.7 Å². The first-order valence-electron chi connectivity index (χ1n) is 10.4. The van der Waals surface area contributed by atoms with Gasteiger partial charge in [-0.25, -0.2) is 10.4 Å². The Morgan fingerprint density at radius 2 is 1.91 bits per heavy atom. The van der Waals surface area contributed by atoms with Gasteiger partial charge in [0.1, 0.15) is 5.75 Å². The second-order valence-electron chi connectivity index (χ2n) is 7.37. The van der Waals surface area contributed by atoms with Crippen molar-refractivity contribution in [2.75, 3.05) is 25.4 Å². The van der Waals surface area contributed by atoms with Crippen molar-refractivity contribution in [2.24, 2.45) is 5.10 Å². The molecule has 4 rings (SSSR count). The zero-order valence-electron chi connectivity index (χ0n) is 17.7. The molecule has 0 radical (unpaired) electrons. The van der Waals surface area contributed by atoms with Crippen LogP contribution in [0.25, 0.3) is 10.2 Å². The van der Waals surface area contributed by atoms with E-state index in [-0.39, 0.29) is 24.2 Å². The van der Waals surface area contributed by atoms with Gasteiger partial charge < -0.3 is 9.64 Å². The SMILES string of the molecule is C/C(=N\NC(=O)CSc1nc2ccccc2s1)c1ccc(OCC(=O)N2CCCC2)cc1. The molecule has 9 heteroatoms. The number of hydrogen-bond donors (Lipinski definition) is 1. The van der Waals surface area contributed by atoms with Gasteiger partial charge in [-0.3, -0.25) is 9.59 Å². The highest BCUT2D eigenvalue weighted by atomic mass is 32.2. The van der Waals surface area contributed by atoms with Crippen molar-refractivity contribution >= 4 is 50.8 Å². The average molecular weight is 469 g/mol. The number of carbonyl (C=O) groups is 2. The summed E-state index contributed by atoms with van der Waals surface area (Å²) >= 11 is 2.97. The molecule has 1 fully saturated rings. The highest BCUT2D eigenvalue weighted by Gasteiger charge is 2.18. The minimum Gasteiger partial charge on any atom is -0.484 e. The van der Waals surface area contributed by atoms with Gasteiger partial charge in [0.05, 0.1) is 21.7 Å². The number of hydrogen-bond acceptors (Lipinski definition) is 7. The van der Waals surface area contributed by atoms with E-state index in [2.05, 4.69) is 15.5 Å². The van der Waals surface area contributed by atoms with E-state index < -0.39 is 0 Å². The second-order valence-corrected chi connectivity index (χ2v) is 9.62. The lowest BCUT2D eigenvalue weighted by atomic mass is 10.1. The van der Waals surface area contributed by atoms with Gasteiger partial charge in [-0.1, -0.05) is 23.9 Å². The van der Waals surface area contributed by atoms with Gasteiger partial charge >= 0.3 is 0 Å². The highest BCUT2D eigenvalue weighted by molar-refractivity contribution is 8.01. The molecule has 0 bridgehead atoms. The molecule has 0 spiro atoms. The van der Waals surface area contributed by atoms with Gasteiger partial charge in [0, 0.05) is 13.1 Å². The van der Waals surface area contributed by atoms with Gasteiger partial charge in [-0.15, -0.1) is 11.3 Å². The van der Waals surface area contributed by atoms with E-state index in [4.69, 9.17) is 4.74 Å². The Labute approximate surface area is 194 Å². The normalized spacial score (nSPS) is 14.0. The maximum Gasteiger partial charge on any atom is 0.260 e. The molecule has 1 N–H and O–H groups in total. The maximum atomic E-state index is 12.2. The molecule has 0 unspecified atom stereocenters.